The molecular weight excluding hydrogens is 374 g/mol. The van der Waals surface area contributed by atoms with Crippen LogP contribution in [-0.2, 0) is 11.3 Å². The number of para-hydroxylation sites is 1. The number of amides is 2. The number of hydrogen-bond donors (Lipinski definition) is 0. The highest BCUT2D eigenvalue weighted by Crippen LogP contribution is 2.34. The molecule has 27 heavy (non-hydrogen) atoms. The molecule has 0 unspecified atom stereocenters. The van der Waals surface area contributed by atoms with Gasteiger partial charge in [-0.05, 0) is 29.5 Å². The van der Waals surface area contributed by atoms with Crippen LogP contribution in [0.1, 0.15) is 11.1 Å². The number of non-ortho nitro benzene ring substituents is 1. The number of nitro benzene ring substituents is 2. The molecule has 1 heterocycles. The first-order valence-electron chi connectivity index (χ1n) is 7.59. The zero-order valence-corrected chi connectivity index (χ0v) is 14.4. The lowest BCUT2D eigenvalue weighted by molar-refractivity contribution is -0.385. The van der Waals surface area contributed by atoms with Crippen LogP contribution in [0.4, 0.5) is 16.2 Å². The van der Waals surface area contributed by atoms with E-state index in [9.17, 15) is 29.8 Å². The molecule has 3 rings (SSSR count). The van der Waals surface area contributed by atoms with Crippen LogP contribution >= 0.6 is 11.8 Å². The van der Waals surface area contributed by atoms with E-state index in [1.165, 1.54) is 48.5 Å². The second-order valence-corrected chi connectivity index (χ2v) is 6.50. The molecule has 0 bridgehead atoms. The molecule has 10 heteroatoms. The largest absolute Gasteiger partial charge is 0.293 e. The van der Waals surface area contributed by atoms with Crippen molar-refractivity contribution in [1.82, 2.24) is 4.90 Å². The Morgan fingerprint density at radius 3 is 2.26 bits per heavy atom. The summed E-state index contributed by atoms with van der Waals surface area (Å²) in [6.45, 7) is -0.0448. The molecule has 1 aliphatic rings. The van der Waals surface area contributed by atoms with Gasteiger partial charge in [-0.3, -0.25) is 34.7 Å². The normalized spacial score (nSPS) is 15.4. The van der Waals surface area contributed by atoms with Crippen molar-refractivity contribution in [2.75, 3.05) is 0 Å². The molecule has 0 spiro atoms. The number of nitrogens with zero attached hydrogens (tertiary/aromatic N) is 3. The van der Waals surface area contributed by atoms with Crippen molar-refractivity contribution in [3.05, 3.63) is 84.8 Å². The number of nitro groups is 2. The molecule has 0 aromatic heterocycles. The van der Waals surface area contributed by atoms with E-state index < -0.39 is 21.0 Å². The molecule has 0 atom stereocenters. The van der Waals surface area contributed by atoms with Gasteiger partial charge >= 0.3 is 0 Å². The van der Waals surface area contributed by atoms with Gasteiger partial charge < -0.3 is 0 Å². The molecule has 0 saturated carbocycles. The molecule has 136 valence electrons. The predicted octanol–water partition coefficient (Wildman–Crippen LogP) is 3.74. The van der Waals surface area contributed by atoms with Crippen molar-refractivity contribution in [2.24, 2.45) is 0 Å². The van der Waals surface area contributed by atoms with E-state index in [0.717, 1.165) is 4.90 Å². The topological polar surface area (TPSA) is 124 Å². The fraction of sp³-hybridized carbons (Fsp3) is 0.0588. The Kier molecular flexibility index (Phi) is 4.99. The Hall–Kier alpha value is -3.53. The van der Waals surface area contributed by atoms with E-state index in [-0.39, 0.29) is 28.4 Å². The Balaban J connectivity index is 1.83. The maximum atomic E-state index is 12.5. The number of carbonyl (C=O) groups excluding carboxylic acids is 2. The number of carbonyl (C=O) groups is 2. The van der Waals surface area contributed by atoms with Crippen LogP contribution in [0.15, 0.2) is 53.4 Å². The first-order chi connectivity index (χ1) is 12.9. The number of thioether (sulfide) groups is 1. The third-order valence-corrected chi connectivity index (χ3v) is 4.69. The van der Waals surface area contributed by atoms with E-state index in [1.807, 2.05) is 0 Å². The van der Waals surface area contributed by atoms with Gasteiger partial charge in [-0.15, -0.1) is 0 Å². The summed E-state index contributed by atoms with van der Waals surface area (Å²) in [5, 5.41) is 21.3. The van der Waals surface area contributed by atoms with Crippen LogP contribution < -0.4 is 0 Å². The molecule has 0 N–H and O–H groups in total. The second kappa shape index (κ2) is 7.38. The summed E-state index contributed by atoms with van der Waals surface area (Å²) in [6.07, 6.45) is 1.32. The van der Waals surface area contributed by atoms with Crippen LogP contribution in [0.2, 0.25) is 0 Å². The summed E-state index contributed by atoms with van der Waals surface area (Å²) in [4.78, 5) is 46.4. The molecule has 1 saturated heterocycles. The van der Waals surface area contributed by atoms with E-state index in [4.69, 9.17) is 0 Å². The van der Waals surface area contributed by atoms with Gasteiger partial charge in [0.25, 0.3) is 22.5 Å². The van der Waals surface area contributed by atoms with Crippen molar-refractivity contribution >= 4 is 40.4 Å². The minimum atomic E-state index is -0.568. The highest BCUT2D eigenvalue weighted by atomic mass is 32.2. The van der Waals surface area contributed by atoms with Gasteiger partial charge in [-0.2, -0.15) is 0 Å². The average molecular weight is 385 g/mol. The smallest absolute Gasteiger partial charge is 0.268 e. The fourth-order valence-corrected chi connectivity index (χ4v) is 3.29. The SMILES string of the molecule is O=C1S/C(=C\c2ccccc2[N+](=O)[O-])C(=O)N1Cc1ccc([N+](=O)[O-])cc1. The van der Waals surface area contributed by atoms with Crippen molar-refractivity contribution in [3.8, 4) is 0 Å². The van der Waals surface area contributed by atoms with Gasteiger partial charge in [-0.1, -0.05) is 24.3 Å². The molecule has 9 nitrogen and oxygen atoms in total. The van der Waals surface area contributed by atoms with Gasteiger partial charge in [0.15, 0.2) is 0 Å². The number of benzene rings is 2. The Morgan fingerprint density at radius 1 is 0.963 bits per heavy atom. The monoisotopic (exact) mass is 385 g/mol. The van der Waals surface area contributed by atoms with E-state index in [2.05, 4.69) is 0 Å². The minimum absolute atomic E-state index is 0.0448. The molecule has 1 fully saturated rings. The maximum absolute atomic E-state index is 12.5. The zero-order valence-electron chi connectivity index (χ0n) is 13.6. The van der Waals surface area contributed by atoms with Crippen LogP contribution in [0.5, 0.6) is 0 Å². The molecule has 2 aromatic rings. The number of rotatable bonds is 5. The second-order valence-electron chi connectivity index (χ2n) is 5.51. The molecule has 2 amide bonds. The van der Waals surface area contributed by atoms with Crippen molar-refractivity contribution in [2.45, 2.75) is 6.54 Å². The van der Waals surface area contributed by atoms with E-state index in [1.54, 1.807) is 6.07 Å². The summed E-state index contributed by atoms with van der Waals surface area (Å²) >= 11 is 0.692. The number of imide groups is 1. The van der Waals surface area contributed by atoms with Gasteiger partial charge in [0, 0.05) is 18.2 Å². The summed E-state index contributed by atoms with van der Waals surface area (Å²) in [6, 6.07) is 11.4. The van der Waals surface area contributed by atoms with Crippen LogP contribution in [0.3, 0.4) is 0 Å². The summed E-state index contributed by atoms with van der Waals surface area (Å²) in [5.41, 5.74) is 0.516. The Bertz CT molecular complexity index is 986. The summed E-state index contributed by atoms with van der Waals surface area (Å²) in [5.74, 6) is -0.568. The molecular formula is C17H11N3O6S. The van der Waals surface area contributed by atoms with Crippen LogP contribution in [-0.4, -0.2) is 25.9 Å². The highest BCUT2D eigenvalue weighted by molar-refractivity contribution is 8.18. The quantitative estimate of drug-likeness (QED) is 0.436. The van der Waals surface area contributed by atoms with Gasteiger partial charge in [-0.25, -0.2) is 0 Å². The van der Waals surface area contributed by atoms with Gasteiger partial charge in [0.2, 0.25) is 0 Å². The Morgan fingerprint density at radius 2 is 1.63 bits per heavy atom. The lowest BCUT2D eigenvalue weighted by Crippen LogP contribution is -2.27. The third kappa shape index (κ3) is 3.85. The summed E-state index contributed by atoms with van der Waals surface area (Å²) in [7, 11) is 0. The molecule has 0 radical (unpaired) electrons. The lowest BCUT2D eigenvalue weighted by Gasteiger charge is -2.12. The zero-order chi connectivity index (χ0) is 19.6. The lowest BCUT2D eigenvalue weighted by atomic mass is 10.1. The maximum Gasteiger partial charge on any atom is 0.293 e. The van der Waals surface area contributed by atoms with Gasteiger partial charge in [0.05, 0.1) is 26.9 Å². The van der Waals surface area contributed by atoms with Gasteiger partial charge in [0.1, 0.15) is 0 Å². The summed E-state index contributed by atoms with van der Waals surface area (Å²) < 4.78 is 0. The predicted molar refractivity (Wildman–Crippen MR) is 97.7 cm³/mol. The first kappa shape index (κ1) is 18.3. The first-order valence-corrected chi connectivity index (χ1v) is 8.40. The molecule has 0 aliphatic carbocycles. The fourth-order valence-electron chi connectivity index (χ4n) is 2.46. The van der Waals surface area contributed by atoms with Crippen molar-refractivity contribution in [1.29, 1.82) is 0 Å². The molecule has 1 aliphatic heterocycles. The molecule has 2 aromatic carbocycles. The van der Waals surface area contributed by atoms with Crippen LogP contribution in [0.25, 0.3) is 6.08 Å². The Labute approximate surface area is 156 Å². The van der Waals surface area contributed by atoms with E-state index in [0.29, 0.717) is 17.3 Å². The van der Waals surface area contributed by atoms with Crippen molar-refractivity contribution < 1.29 is 19.4 Å². The van der Waals surface area contributed by atoms with E-state index >= 15 is 0 Å². The van der Waals surface area contributed by atoms with Crippen LogP contribution in [0, 0.1) is 20.2 Å². The average Bonchev–Trinajstić information content (AvgIpc) is 2.90. The standard InChI is InChI=1S/C17H11N3O6S/c21-16-15(9-12-3-1-2-4-14(12)20(25)26)27-17(22)18(16)10-11-5-7-13(8-6-11)19(23)24/h1-9H,10H2/b15-9-. The van der Waals surface area contributed by atoms with Crippen molar-refractivity contribution in [3.63, 3.8) is 0 Å². The third-order valence-electron chi connectivity index (χ3n) is 3.78. The minimum Gasteiger partial charge on any atom is -0.268 e. The number of hydrogen-bond acceptors (Lipinski definition) is 7. The highest BCUT2D eigenvalue weighted by Gasteiger charge is 2.35.